The van der Waals surface area contributed by atoms with Crippen LogP contribution in [0.15, 0.2) is 24.3 Å². The number of Topliss-reactive ketones (excluding diaryl/α,β-unsaturated/α-hetero) is 1. The van der Waals surface area contributed by atoms with Gasteiger partial charge in [-0.1, -0.05) is 95.4 Å². The van der Waals surface area contributed by atoms with E-state index >= 15 is 0 Å². The van der Waals surface area contributed by atoms with Crippen molar-refractivity contribution in [2.24, 2.45) is 5.73 Å². The topological polar surface area (TPSA) is 43.1 Å². The lowest BCUT2D eigenvalue weighted by atomic mass is 9.88. The maximum atomic E-state index is 12.5. The Hall–Kier alpha value is -0.860. The third-order valence-electron chi connectivity index (χ3n) is 4.93. The number of hydrogen-bond acceptors (Lipinski definition) is 2. The van der Waals surface area contributed by atoms with Crippen molar-refractivity contribution >= 4 is 18.2 Å². The molecule has 0 aromatic heterocycles. The van der Waals surface area contributed by atoms with Gasteiger partial charge >= 0.3 is 0 Å². The molecule has 0 aliphatic heterocycles. The van der Waals surface area contributed by atoms with Crippen LogP contribution in [0, 0.1) is 0 Å². The van der Waals surface area contributed by atoms with Crippen molar-refractivity contribution in [3.05, 3.63) is 35.4 Å². The average Bonchev–Trinajstić information content (AvgIpc) is 2.58. The van der Waals surface area contributed by atoms with Crippen LogP contribution in [0.4, 0.5) is 0 Å². The first-order valence-electron chi connectivity index (χ1n) is 10.4. The van der Waals surface area contributed by atoms with Crippen molar-refractivity contribution < 1.29 is 4.79 Å². The van der Waals surface area contributed by atoms with E-state index < -0.39 is 5.54 Å². The first-order valence-corrected chi connectivity index (χ1v) is 10.4. The molecule has 2 N–H and O–H groups in total. The summed E-state index contributed by atoms with van der Waals surface area (Å²) >= 11 is 0. The van der Waals surface area contributed by atoms with E-state index in [4.69, 9.17) is 5.73 Å². The Kier molecular flexibility index (Phi) is 13.8. The average molecular weight is 382 g/mol. The summed E-state index contributed by atoms with van der Waals surface area (Å²) in [6.45, 7) is 6.18. The third-order valence-corrected chi connectivity index (χ3v) is 4.93. The number of hydrogen-bond donors (Lipinski definition) is 1. The Morgan fingerprint density at radius 3 is 1.81 bits per heavy atom. The molecule has 0 aliphatic carbocycles. The maximum absolute atomic E-state index is 12.5. The fraction of sp³-hybridized carbons (Fsp3) is 0.696. The molecule has 0 saturated carbocycles. The molecule has 1 aromatic carbocycles. The predicted molar refractivity (Wildman–Crippen MR) is 116 cm³/mol. The minimum atomic E-state index is -0.469. The van der Waals surface area contributed by atoms with E-state index in [2.05, 4.69) is 6.92 Å². The van der Waals surface area contributed by atoms with Gasteiger partial charge in [0.2, 0.25) is 0 Å². The van der Waals surface area contributed by atoms with Crippen LogP contribution in [0.1, 0.15) is 114 Å². The number of benzene rings is 1. The quantitative estimate of drug-likeness (QED) is 0.273. The molecule has 26 heavy (non-hydrogen) atoms. The molecule has 0 unspecified atom stereocenters. The standard InChI is InChI=1S/C23H39NO.ClH/c1-4-5-6-7-8-9-10-11-12-13-14-19-22(25)20-17-15-16-18-21(20)23(2,3)24;/h15-18H,4-14,19,24H2,1-3H3;1H. The molecule has 2 nitrogen and oxygen atoms in total. The Labute approximate surface area is 167 Å². The summed E-state index contributed by atoms with van der Waals surface area (Å²) in [6, 6.07) is 7.80. The second kappa shape index (κ2) is 14.2. The van der Waals surface area contributed by atoms with Gasteiger partial charge in [0.05, 0.1) is 0 Å². The normalized spacial score (nSPS) is 11.2. The summed E-state index contributed by atoms with van der Waals surface area (Å²) in [5.74, 6) is 0.241. The van der Waals surface area contributed by atoms with E-state index in [0.717, 1.165) is 24.0 Å². The Balaban J connectivity index is 0.00000625. The van der Waals surface area contributed by atoms with Gasteiger partial charge in [-0.05, 0) is 25.8 Å². The van der Waals surface area contributed by atoms with Gasteiger partial charge in [-0.15, -0.1) is 12.4 Å². The number of unbranched alkanes of at least 4 members (excludes halogenated alkanes) is 10. The van der Waals surface area contributed by atoms with Crippen LogP contribution in [0.25, 0.3) is 0 Å². The number of nitrogens with two attached hydrogens (primary N) is 1. The molecule has 0 saturated heterocycles. The number of rotatable bonds is 14. The Morgan fingerprint density at radius 1 is 0.846 bits per heavy atom. The second-order valence-electron chi connectivity index (χ2n) is 7.98. The largest absolute Gasteiger partial charge is 0.322 e. The lowest BCUT2D eigenvalue weighted by Crippen LogP contribution is -2.30. The molecule has 0 heterocycles. The van der Waals surface area contributed by atoms with E-state index in [1.165, 1.54) is 57.8 Å². The van der Waals surface area contributed by atoms with Crippen molar-refractivity contribution in [2.75, 3.05) is 0 Å². The summed E-state index contributed by atoms with van der Waals surface area (Å²) in [6.07, 6.45) is 15.0. The van der Waals surface area contributed by atoms with Gasteiger partial charge in [-0.2, -0.15) is 0 Å². The molecule has 0 amide bonds. The number of carbonyl (C=O) groups excluding carboxylic acids is 1. The molecule has 0 radical (unpaired) electrons. The molecular weight excluding hydrogens is 342 g/mol. The van der Waals surface area contributed by atoms with E-state index in [1.54, 1.807) is 0 Å². The molecule has 1 aromatic rings. The molecule has 0 aliphatic rings. The highest BCUT2D eigenvalue weighted by molar-refractivity contribution is 5.97. The molecular formula is C23H40ClNO. The van der Waals surface area contributed by atoms with Crippen LogP contribution in [0.3, 0.4) is 0 Å². The second-order valence-corrected chi connectivity index (χ2v) is 7.98. The summed E-state index contributed by atoms with van der Waals surface area (Å²) in [7, 11) is 0. The maximum Gasteiger partial charge on any atom is 0.163 e. The van der Waals surface area contributed by atoms with Crippen LogP contribution in [-0.4, -0.2) is 5.78 Å². The first-order chi connectivity index (χ1) is 12.0. The van der Waals surface area contributed by atoms with Crippen LogP contribution in [0.5, 0.6) is 0 Å². The smallest absolute Gasteiger partial charge is 0.163 e. The van der Waals surface area contributed by atoms with Gasteiger partial charge in [0.1, 0.15) is 0 Å². The van der Waals surface area contributed by atoms with Gasteiger partial charge < -0.3 is 5.73 Å². The van der Waals surface area contributed by atoms with E-state index in [9.17, 15) is 4.79 Å². The van der Waals surface area contributed by atoms with Crippen molar-refractivity contribution in [3.63, 3.8) is 0 Å². The third kappa shape index (κ3) is 10.3. The van der Waals surface area contributed by atoms with Gasteiger partial charge in [0.15, 0.2) is 5.78 Å². The van der Waals surface area contributed by atoms with Gasteiger partial charge in [-0.25, -0.2) is 0 Å². The molecule has 0 spiro atoms. The molecule has 0 atom stereocenters. The molecule has 0 fully saturated rings. The fourth-order valence-corrected chi connectivity index (χ4v) is 3.37. The number of carbonyl (C=O) groups is 1. The van der Waals surface area contributed by atoms with E-state index in [1.807, 2.05) is 38.1 Å². The monoisotopic (exact) mass is 381 g/mol. The minimum Gasteiger partial charge on any atom is -0.322 e. The van der Waals surface area contributed by atoms with Crippen molar-refractivity contribution in [2.45, 2.75) is 103 Å². The van der Waals surface area contributed by atoms with Crippen LogP contribution < -0.4 is 5.73 Å². The zero-order valence-corrected chi connectivity index (χ0v) is 18.0. The van der Waals surface area contributed by atoms with E-state index in [0.29, 0.717) is 6.42 Å². The predicted octanol–water partition coefficient (Wildman–Crippen LogP) is 7.19. The molecule has 0 bridgehead atoms. The zero-order chi connectivity index (χ0) is 18.5. The lowest BCUT2D eigenvalue weighted by molar-refractivity contribution is 0.0977. The fourth-order valence-electron chi connectivity index (χ4n) is 3.37. The van der Waals surface area contributed by atoms with Crippen LogP contribution in [0.2, 0.25) is 0 Å². The van der Waals surface area contributed by atoms with Gasteiger partial charge in [0.25, 0.3) is 0 Å². The summed E-state index contributed by atoms with van der Waals surface area (Å²) in [5, 5.41) is 0. The number of ketones is 1. The van der Waals surface area contributed by atoms with Crippen molar-refractivity contribution in [1.29, 1.82) is 0 Å². The van der Waals surface area contributed by atoms with E-state index in [-0.39, 0.29) is 18.2 Å². The SMILES string of the molecule is CCCCCCCCCCCCCC(=O)c1ccccc1C(C)(C)N.Cl. The Bertz CT molecular complexity index is 493. The highest BCUT2D eigenvalue weighted by atomic mass is 35.5. The van der Waals surface area contributed by atoms with Crippen LogP contribution >= 0.6 is 12.4 Å². The molecule has 1 rings (SSSR count). The Morgan fingerprint density at radius 2 is 1.31 bits per heavy atom. The zero-order valence-electron chi connectivity index (χ0n) is 17.2. The highest BCUT2D eigenvalue weighted by Gasteiger charge is 2.21. The first kappa shape index (κ1) is 25.1. The van der Waals surface area contributed by atoms with Crippen molar-refractivity contribution in [1.82, 2.24) is 0 Å². The minimum absolute atomic E-state index is 0. The highest BCUT2D eigenvalue weighted by Crippen LogP contribution is 2.23. The van der Waals surface area contributed by atoms with Crippen molar-refractivity contribution in [3.8, 4) is 0 Å². The molecule has 3 heteroatoms. The van der Waals surface area contributed by atoms with Crippen LogP contribution in [-0.2, 0) is 5.54 Å². The summed E-state index contributed by atoms with van der Waals surface area (Å²) in [5.41, 5.74) is 7.50. The summed E-state index contributed by atoms with van der Waals surface area (Å²) in [4.78, 5) is 12.5. The molecule has 150 valence electrons. The summed E-state index contributed by atoms with van der Waals surface area (Å²) < 4.78 is 0. The lowest BCUT2D eigenvalue weighted by Gasteiger charge is -2.22. The number of halogens is 1. The van der Waals surface area contributed by atoms with Gasteiger partial charge in [-0.3, -0.25) is 4.79 Å². The van der Waals surface area contributed by atoms with Gasteiger partial charge in [0, 0.05) is 17.5 Å².